The molecule has 84 valence electrons. The fourth-order valence-electron chi connectivity index (χ4n) is 1.21. The van der Waals surface area contributed by atoms with Crippen LogP contribution in [0.3, 0.4) is 0 Å². The van der Waals surface area contributed by atoms with E-state index in [-0.39, 0.29) is 0 Å². The van der Waals surface area contributed by atoms with E-state index in [0.717, 1.165) is 16.3 Å². The Hall–Kier alpha value is -1.33. The highest BCUT2D eigenvalue weighted by Crippen LogP contribution is 2.26. The number of hydrogen-bond donors (Lipinski definition) is 1. The van der Waals surface area contributed by atoms with E-state index in [4.69, 9.17) is 4.42 Å². The lowest BCUT2D eigenvalue weighted by Gasteiger charge is -2.04. The molecule has 0 radical (unpaired) electrons. The van der Waals surface area contributed by atoms with Crippen molar-refractivity contribution in [3.8, 4) is 0 Å². The van der Waals surface area contributed by atoms with Gasteiger partial charge in [0.25, 0.3) is 5.22 Å². The number of aliphatic hydroxyl groups excluding tert-OH is 1. The second-order valence-electron chi connectivity index (χ2n) is 3.46. The van der Waals surface area contributed by atoms with Gasteiger partial charge in [-0.3, -0.25) is 0 Å². The summed E-state index contributed by atoms with van der Waals surface area (Å²) in [5.41, 5.74) is 1.68. The Morgan fingerprint density at radius 1 is 1.50 bits per heavy atom. The summed E-state index contributed by atoms with van der Waals surface area (Å²) >= 11 is 1.34. The molecule has 2 rings (SSSR count). The fourth-order valence-corrected chi connectivity index (χ4v) is 1.98. The van der Waals surface area contributed by atoms with Crippen molar-refractivity contribution in [2.24, 2.45) is 0 Å². The highest BCUT2D eigenvalue weighted by atomic mass is 32.2. The van der Waals surface area contributed by atoms with Gasteiger partial charge in [-0.15, -0.1) is 0 Å². The maximum atomic E-state index is 9.44. The third-order valence-corrected chi connectivity index (χ3v) is 2.83. The van der Waals surface area contributed by atoms with Crippen molar-refractivity contribution in [3.05, 3.63) is 35.9 Å². The summed E-state index contributed by atoms with van der Waals surface area (Å²) in [6.07, 6.45) is 2.77. The van der Waals surface area contributed by atoms with Crippen LogP contribution >= 0.6 is 11.8 Å². The predicted octanol–water partition coefficient (Wildman–Crippen LogP) is 2.58. The van der Waals surface area contributed by atoms with Crippen LogP contribution in [0.1, 0.15) is 24.3 Å². The molecule has 0 aliphatic carbocycles. The third-order valence-electron chi connectivity index (χ3n) is 2.03. The van der Waals surface area contributed by atoms with Crippen molar-refractivity contribution in [2.75, 3.05) is 0 Å². The summed E-state index contributed by atoms with van der Waals surface area (Å²) in [5.74, 6) is 0. The summed E-state index contributed by atoms with van der Waals surface area (Å²) in [6, 6.07) is 3.62. The van der Waals surface area contributed by atoms with E-state index in [1.54, 1.807) is 25.5 Å². The summed E-state index contributed by atoms with van der Waals surface area (Å²) < 4.78 is 5.22. The molecule has 2 heterocycles. The van der Waals surface area contributed by atoms with Gasteiger partial charge in [0, 0.05) is 6.20 Å². The van der Waals surface area contributed by atoms with Gasteiger partial charge in [-0.1, -0.05) is 0 Å². The zero-order chi connectivity index (χ0) is 11.5. The van der Waals surface area contributed by atoms with Gasteiger partial charge in [0.05, 0.1) is 11.8 Å². The molecule has 0 saturated carbocycles. The number of aryl methyl sites for hydroxylation is 1. The van der Waals surface area contributed by atoms with Crippen LogP contribution in [-0.2, 0) is 0 Å². The number of nitrogens with zero attached hydrogens (tertiary/aromatic N) is 2. The van der Waals surface area contributed by atoms with Gasteiger partial charge in [0.1, 0.15) is 11.3 Å². The average molecular weight is 236 g/mol. The van der Waals surface area contributed by atoms with Gasteiger partial charge in [0.15, 0.2) is 0 Å². The third kappa shape index (κ3) is 2.62. The van der Waals surface area contributed by atoms with Gasteiger partial charge >= 0.3 is 0 Å². The Labute approximate surface area is 97.7 Å². The average Bonchev–Trinajstić information content (AvgIpc) is 2.64. The van der Waals surface area contributed by atoms with Crippen LogP contribution in [0, 0.1) is 6.92 Å². The second-order valence-corrected chi connectivity index (χ2v) is 4.43. The Kier molecular flexibility index (Phi) is 3.26. The minimum Gasteiger partial charge on any atom is -0.439 e. The molecule has 1 unspecified atom stereocenters. The van der Waals surface area contributed by atoms with Crippen molar-refractivity contribution >= 4 is 11.8 Å². The van der Waals surface area contributed by atoms with E-state index >= 15 is 0 Å². The Bertz CT molecular complexity index is 482. The van der Waals surface area contributed by atoms with Gasteiger partial charge in [-0.25, -0.2) is 9.97 Å². The van der Waals surface area contributed by atoms with Crippen LogP contribution in [-0.4, -0.2) is 15.1 Å². The van der Waals surface area contributed by atoms with E-state index in [1.807, 2.05) is 13.0 Å². The number of pyridine rings is 1. The Morgan fingerprint density at radius 2 is 2.31 bits per heavy atom. The summed E-state index contributed by atoms with van der Waals surface area (Å²) in [7, 11) is 0. The van der Waals surface area contributed by atoms with E-state index in [9.17, 15) is 5.11 Å². The topological polar surface area (TPSA) is 59.2 Å². The molecule has 0 aliphatic heterocycles. The first-order chi connectivity index (χ1) is 7.65. The minimum atomic E-state index is -0.492. The standard InChI is InChI=1S/C11H12N2O2S/c1-7-6-15-11(13-7)16-10-5-9(8(2)14)3-4-12-10/h3-6,8,14H,1-2H3. The first kappa shape index (κ1) is 11.2. The van der Waals surface area contributed by atoms with Crippen LogP contribution < -0.4 is 0 Å². The number of rotatable bonds is 3. The fraction of sp³-hybridized carbons (Fsp3) is 0.273. The number of oxazole rings is 1. The minimum absolute atomic E-state index is 0.492. The highest BCUT2D eigenvalue weighted by Gasteiger charge is 2.07. The lowest BCUT2D eigenvalue weighted by molar-refractivity contribution is 0.199. The molecule has 0 spiro atoms. The van der Waals surface area contributed by atoms with Gasteiger partial charge in [-0.2, -0.15) is 0 Å². The first-order valence-electron chi connectivity index (χ1n) is 4.89. The van der Waals surface area contributed by atoms with Crippen LogP contribution in [0.15, 0.2) is 39.3 Å². The predicted molar refractivity (Wildman–Crippen MR) is 60.2 cm³/mol. The number of aliphatic hydroxyl groups is 1. The van der Waals surface area contributed by atoms with Gasteiger partial charge < -0.3 is 9.52 Å². The van der Waals surface area contributed by atoms with Crippen LogP contribution in [0.25, 0.3) is 0 Å². The van der Waals surface area contributed by atoms with Crippen molar-refractivity contribution in [2.45, 2.75) is 30.2 Å². The van der Waals surface area contributed by atoms with Crippen LogP contribution in [0.4, 0.5) is 0 Å². The summed E-state index contributed by atoms with van der Waals surface area (Å²) in [6.45, 7) is 3.59. The Morgan fingerprint density at radius 3 is 2.94 bits per heavy atom. The first-order valence-corrected chi connectivity index (χ1v) is 5.71. The van der Waals surface area contributed by atoms with E-state index < -0.39 is 6.10 Å². The molecule has 5 heteroatoms. The highest BCUT2D eigenvalue weighted by molar-refractivity contribution is 7.99. The number of aromatic nitrogens is 2. The van der Waals surface area contributed by atoms with Crippen molar-refractivity contribution in [1.82, 2.24) is 9.97 Å². The van der Waals surface area contributed by atoms with Gasteiger partial charge in [-0.05, 0) is 43.3 Å². The Balaban J connectivity index is 2.18. The van der Waals surface area contributed by atoms with E-state index in [2.05, 4.69) is 9.97 Å². The molecule has 1 atom stereocenters. The normalized spacial score (nSPS) is 12.7. The molecule has 0 aliphatic rings. The quantitative estimate of drug-likeness (QED) is 0.887. The van der Waals surface area contributed by atoms with Crippen LogP contribution in [0.2, 0.25) is 0 Å². The zero-order valence-corrected chi connectivity index (χ0v) is 9.86. The molecule has 2 aromatic heterocycles. The van der Waals surface area contributed by atoms with E-state index in [1.165, 1.54) is 11.8 Å². The number of hydrogen-bond acceptors (Lipinski definition) is 5. The molecule has 0 amide bonds. The molecule has 16 heavy (non-hydrogen) atoms. The lowest BCUT2D eigenvalue weighted by Crippen LogP contribution is -1.92. The van der Waals surface area contributed by atoms with Crippen molar-refractivity contribution < 1.29 is 9.52 Å². The molecule has 4 nitrogen and oxygen atoms in total. The molecular weight excluding hydrogens is 224 g/mol. The summed E-state index contributed by atoms with van der Waals surface area (Å²) in [5, 5.41) is 10.8. The molecule has 0 fully saturated rings. The maximum absolute atomic E-state index is 9.44. The lowest BCUT2D eigenvalue weighted by atomic mass is 10.2. The maximum Gasteiger partial charge on any atom is 0.262 e. The smallest absolute Gasteiger partial charge is 0.262 e. The molecule has 1 N–H and O–H groups in total. The molecule has 0 saturated heterocycles. The second kappa shape index (κ2) is 4.67. The van der Waals surface area contributed by atoms with Crippen molar-refractivity contribution in [3.63, 3.8) is 0 Å². The molecule has 0 aromatic carbocycles. The monoisotopic (exact) mass is 236 g/mol. The molecule has 0 bridgehead atoms. The van der Waals surface area contributed by atoms with Crippen LogP contribution in [0.5, 0.6) is 0 Å². The van der Waals surface area contributed by atoms with E-state index in [0.29, 0.717) is 5.22 Å². The summed E-state index contributed by atoms with van der Waals surface area (Å²) in [4.78, 5) is 8.35. The molecule has 2 aromatic rings. The zero-order valence-electron chi connectivity index (χ0n) is 9.04. The largest absolute Gasteiger partial charge is 0.439 e. The van der Waals surface area contributed by atoms with Crippen molar-refractivity contribution in [1.29, 1.82) is 0 Å². The molecular formula is C11H12N2O2S. The SMILES string of the molecule is Cc1coc(Sc2cc(C(C)O)ccn2)n1. The van der Waals surface area contributed by atoms with Gasteiger partial charge in [0.2, 0.25) is 0 Å².